The van der Waals surface area contributed by atoms with E-state index in [9.17, 15) is 9.59 Å². The highest BCUT2D eigenvalue weighted by Gasteiger charge is 2.11. The monoisotopic (exact) mass is 430 g/mol. The molecule has 0 aliphatic carbocycles. The van der Waals surface area contributed by atoms with Crippen molar-refractivity contribution in [3.05, 3.63) is 62.2 Å². The molecule has 0 aromatic heterocycles. The Morgan fingerprint density at radius 3 is 2.09 bits per heavy atom. The van der Waals surface area contributed by atoms with Crippen LogP contribution in [-0.4, -0.2) is 18.9 Å². The van der Waals surface area contributed by atoms with Crippen LogP contribution in [0.5, 0.6) is 5.75 Å². The van der Waals surface area contributed by atoms with Crippen molar-refractivity contribution in [1.82, 2.24) is 10.9 Å². The summed E-state index contributed by atoms with van der Waals surface area (Å²) in [6.45, 7) is 0. The summed E-state index contributed by atoms with van der Waals surface area (Å²) in [7, 11) is 1.56. The van der Waals surface area contributed by atoms with Crippen molar-refractivity contribution in [2.45, 2.75) is 0 Å². The molecule has 0 saturated carbocycles. The number of hydrazine groups is 1. The third kappa shape index (κ3) is 4.11. The van der Waals surface area contributed by atoms with E-state index in [0.29, 0.717) is 21.9 Å². The van der Waals surface area contributed by atoms with Crippen molar-refractivity contribution >= 4 is 46.0 Å². The van der Waals surface area contributed by atoms with Crippen LogP contribution in [0.1, 0.15) is 20.7 Å². The molecule has 0 radical (unpaired) electrons. The van der Waals surface area contributed by atoms with Crippen LogP contribution in [0.4, 0.5) is 0 Å². The average molecular weight is 431 g/mol. The molecule has 22 heavy (non-hydrogen) atoms. The quantitative estimate of drug-likeness (QED) is 0.581. The number of carbonyl (C=O) groups is 2. The van der Waals surface area contributed by atoms with E-state index in [0.717, 1.165) is 3.57 Å². The number of carbonyl (C=O) groups excluding carboxylic acids is 2. The number of hydrogen-bond donors (Lipinski definition) is 2. The fourth-order valence-corrected chi connectivity index (χ4v) is 2.53. The summed E-state index contributed by atoms with van der Waals surface area (Å²) in [5.41, 5.74) is 5.53. The highest BCUT2D eigenvalue weighted by Crippen LogP contribution is 2.21. The predicted molar refractivity (Wildman–Crippen MR) is 92.1 cm³/mol. The van der Waals surface area contributed by atoms with Gasteiger partial charge in [-0.3, -0.25) is 20.4 Å². The molecule has 2 rings (SSSR count). The van der Waals surface area contributed by atoms with Crippen molar-refractivity contribution in [3.63, 3.8) is 0 Å². The van der Waals surface area contributed by atoms with Gasteiger partial charge in [0.2, 0.25) is 0 Å². The second-order valence-corrected chi connectivity index (χ2v) is 5.86. The fourth-order valence-electron chi connectivity index (χ4n) is 1.67. The molecular formula is C15H12ClIN2O3. The van der Waals surface area contributed by atoms with E-state index < -0.39 is 11.8 Å². The first kappa shape index (κ1) is 16.6. The summed E-state index contributed by atoms with van der Waals surface area (Å²) in [5.74, 6) is -0.154. The van der Waals surface area contributed by atoms with Crippen molar-refractivity contribution in [2.75, 3.05) is 7.11 Å². The van der Waals surface area contributed by atoms with Gasteiger partial charge in [0.15, 0.2) is 0 Å². The summed E-state index contributed by atoms with van der Waals surface area (Å²) in [4.78, 5) is 23.9. The molecule has 2 aromatic carbocycles. The lowest BCUT2D eigenvalue weighted by Gasteiger charge is -2.09. The van der Waals surface area contributed by atoms with Crippen LogP contribution in [0.2, 0.25) is 5.02 Å². The van der Waals surface area contributed by atoms with Gasteiger partial charge in [-0.25, -0.2) is 0 Å². The summed E-state index contributed by atoms with van der Waals surface area (Å²) in [6.07, 6.45) is 0. The van der Waals surface area contributed by atoms with Crippen LogP contribution < -0.4 is 15.6 Å². The van der Waals surface area contributed by atoms with E-state index in [-0.39, 0.29) is 0 Å². The Hall–Kier alpha value is -1.80. The minimum Gasteiger partial charge on any atom is -0.496 e. The van der Waals surface area contributed by atoms with Gasteiger partial charge < -0.3 is 4.74 Å². The molecule has 2 amide bonds. The SMILES string of the molecule is COc1ccc(C(=O)NNC(=O)c2ccc(Cl)cc2)cc1I. The van der Waals surface area contributed by atoms with Crippen molar-refractivity contribution in [1.29, 1.82) is 0 Å². The Labute approximate surface area is 146 Å². The maximum absolute atomic E-state index is 12.0. The Morgan fingerprint density at radius 2 is 1.55 bits per heavy atom. The molecule has 0 bridgehead atoms. The topological polar surface area (TPSA) is 67.4 Å². The maximum Gasteiger partial charge on any atom is 0.269 e. The lowest BCUT2D eigenvalue weighted by Crippen LogP contribution is -2.41. The standard InChI is InChI=1S/C15H12ClIN2O3/c1-22-13-7-4-10(8-12(13)17)15(21)19-18-14(20)9-2-5-11(16)6-3-9/h2-8H,1H3,(H,18,20)(H,19,21). The molecule has 5 nitrogen and oxygen atoms in total. The molecule has 0 atom stereocenters. The first-order valence-corrected chi connectivity index (χ1v) is 7.66. The van der Waals surface area contributed by atoms with Crippen LogP contribution in [0.15, 0.2) is 42.5 Å². The highest BCUT2D eigenvalue weighted by atomic mass is 127. The van der Waals surface area contributed by atoms with Gasteiger partial charge in [-0.05, 0) is 65.1 Å². The minimum atomic E-state index is -0.423. The first-order chi connectivity index (χ1) is 10.5. The number of hydrogen-bond acceptors (Lipinski definition) is 3. The zero-order valence-corrected chi connectivity index (χ0v) is 14.4. The lowest BCUT2D eigenvalue weighted by atomic mass is 10.2. The third-order valence-electron chi connectivity index (χ3n) is 2.81. The van der Waals surface area contributed by atoms with Gasteiger partial charge in [0.25, 0.3) is 11.8 Å². The maximum atomic E-state index is 12.0. The van der Waals surface area contributed by atoms with Gasteiger partial charge in [-0.15, -0.1) is 0 Å². The number of methoxy groups -OCH3 is 1. The number of rotatable bonds is 3. The molecular weight excluding hydrogens is 419 g/mol. The predicted octanol–water partition coefficient (Wildman–Crippen LogP) is 3.03. The zero-order valence-electron chi connectivity index (χ0n) is 11.5. The van der Waals surface area contributed by atoms with Gasteiger partial charge >= 0.3 is 0 Å². The van der Waals surface area contributed by atoms with Crippen molar-refractivity contribution in [3.8, 4) is 5.75 Å². The Morgan fingerprint density at radius 1 is 1.00 bits per heavy atom. The molecule has 0 saturated heterocycles. The van der Waals surface area contributed by atoms with Gasteiger partial charge in [0.05, 0.1) is 10.7 Å². The number of halogens is 2. The molecule has 2 N–H and O–H groups in total. The van der Waals surface area contributed by atoms with E-state index in [1.165, 1.54) is 0 Å². The molecule has 0 fully saturated rings. The van der Waals surface area contributed by atoms with E-state index >= 15 is 0 Å². The van der Waals surface area contributed by atoms with Crippen LogP contribution >= 0.6 is 34.2 Å². The second kappa shape index (κ2) is 7.46. The van der Waals surface area contributed by atoms with Crippen LogP contribution in [-0.2, 0) is 0 Å². The van der Waals surface area contributed by atoms with E-state index in [2.05, 4.69) is 33.4 Å². The highest BCUT2D eigenvalue weighted by molar-refractivity contribution is 14.1. The molecule has 2 aromatic rings. The normalized spacial score (nSPS) is 9.95. The molecule has 0 spiro atoms. The van der Waals surface area contributed by atoms with Crippen LogP contribution in [0, 0.1) is 3.57 Å². The number of nitrogens with one attached hydrogen (secondary N) is 2. The van der Waals surface area contributed by atoms with Gasteiger partial charge in [-0.2, -0.15) is 0 Å². The van der Waals surface area contributed by atoms with Gasteiger partial charge in [0.1, 0.15) is 5.75 Å². The number of benzene rings is 2. The Kier molecular flexibility index (Phi) is 5.62. The van der Waals surface area contributed by atoms with E-state index in [1.807, 2.05) is 0 Å². The molecule has 0 heterocycles. The van der Waals surface area contributed by atoms with Crippen molar-refractivity contribution in [2.24, 2.45) is 0 Å². The number of ether oxygens (including phenoxy) is 1. The second-order valence-electron chi connectivity index (χ2n) is 4.26. The fraction of sp³-hybridized carbons (Fsp3) is 0.0667. The summed E-state index contributed by atoms with van der Waals surface area (Å²) in [6, 6.07) is 11.3. The van der Waals surface area contributed by atoms with Crippen LogP contribution in [0.25, 0.3) is 0 Å². The molecule has 0 aliphatic heterocycles. The average Bonchev–Trinajstić information content (AvgIpc) is 2.52. The summed E-state index contributed by atoms with van der Waals surface area (Å²) < 4.78 is 5.93. The van der Waals surface area contributed by atoms with E-state index in [1.54, 1.807) is 49.6 Å². The minimum absolute atomic E-state index is 0.397. The first-order valence-electron chi connectivity index (χ1n) is 6.21. The van der Waals surface area contributed by atoms with Crippen LogP contribution in [0.3, 0.4) is 0 Å². The Bertz CT molecular complexity index is 704. The third-order valence-corrected chi connectivity index (χ3v) is 3.90. The van der Waals surface area contributed by atoms with Gasteiger partial charge in [-0.1, -0.05) is 11.6 Å². The zero-order chi connectivity index (χ0) is 16.1. The summed E-state index contributed by atoms with van der Waals surface area (Å²) in [5, 5.41) is 0.536. The molecule has 114 valence electrons. The largest absolute Gasteiger partial charge is 0.496 e. The smallest absolute Gasteiger partial charge is 0.269 e. The van der Waals surface area contributed by atoms with Gasteiger partial charge in [0, 0.05) is 16.1 Å². The van der Waals surface area contributed by atoms with E-state index in [4.69, 9.17) is 16.3 Å². The number of amides is 2. The Balaban J connectivity index is 1.99. The lowest BCUT2D eigenvalue weighted by molar-refractivity contribution is 0.0846. The van der Waals surface area contributed by atoms with Crippen molar-refractivity contribution < 1.29 is 14.3 Å². The molecule has 0 unspecified atom stereocenters. The summed E-state index contributed by atoms with van der Waals surface area (Å²) >= 11 is 7.82. The molecule has 7 heteroatoms. The molecule has 0 aliphatic rings.